The smallest absolute Gasteiger partial charge is 0.297 e. The number of ketones is 2. The first-order valence-electron chi connectivity index (χ1n) is 12.7. The number of fused-ring (bicyclic) bond motifs is 5. The van der Waals surface area contributed by atoms with Crippen LogP contribution in [0.2, 0.25) is 0 Å². The fourth-order valence-electron chi connectivity index (χ4n) is 8.22. The van der Waals surface area contributed by atoms with Gasteiger partial charge in [-0.1, -0.05) is 37.1 Å². The van der Waals surface area contributed by atoms with E-state index in [-0.39, 0.29) is 39.6 Å². The molecule has 4 aliphatic carbocycles. The van der Waals surface area contributed by atoms with Crippen molar-refractivity contribution in [3.05, 3.63) is 41.5 Å². The second kappa shape index (κ2) is 8.12. The molecule has 0 amide bonds. The van der Waals surface area contributed by atoms with Gasteiger partial charge in [0, 0.05) is 17.8 Å². The number of allylic oxidation sites excluding steroid dienone is 1. The normalized spacial score (nSPS) is 39.6. The maximum Gasteiger partial charge on any atom is 0.297 e. The average Bonchev–Trinajstić information content (AvgIpc) is 3.14. The monoisotopic (exact) mass is 484 g/mol. The van der Waals surface area contributed by atoms with E-state index < -0.39 is 21.6 Å². The van der Waals surface area contributed by atoms with E-state index >= 15 is 0 Å². The van der Waals surface area contributed by atoms with E-state index in [9.17, 15) is 18.0 Å². The second-order valence-corrected chi connectivity index (χ2v) is 13.2. The maximum atomic E-state index is 13.4. The van der Waals surface area contributed by atoms with Gasteiger partial charge in [-0.25, -0.2) is 0 Å². The van der Waals surface area contributed by atoms with Crippen LogP contribution in [-0.4, -0.2) is 26.1 Å². The predicted molar refractivity (Wildman–Crippen MR) is 130 cm³/mol. The largest absolute Gasteiger partial charge is 0.300 e. The van der Waals surface area contributed by atoms with Crippen LogP contribution in [0.3, 0.4) is 0 Å². The molecular formula is C28H36O5S. The van der Waals surface area contributed by atoms with E-state index in [4.69, 9.17) is 4.18 Å². The Morgan fingerprint density at radius 1 is 1.03 bits per heavy atom. The molecule has 4 aliphatic rings. The van der Waals surface area contributed by atoms with Gasteiger partial charge in [-0.3, -0.25) is 13.8 Å². The molecular weight excluding hydrogens is 448 g/mol. The number of hydrogen-bond donors (Lipinski definition) is 0. The van der Waals surface area contributed by atoms with E-state index in [2.05, 4.69) is 13.8 Å². The van der Waals surface area contributed by atoms with Crippen molar-refractivity contribution in [1.82, 2.24) is 0 Å². The first-order valence-corrected chi connectivity index (χ1v) is 14.1. The summed E-state index contributed by atoms with van der Waals surface area (Å²) in [6, 6.07) is 6.76. The molecule has 0 radical (unpaired) electrons. The summed E-state index contributed by atoms with van der Waals surface area (Å²) in [5.41, 5.74) is 1.60. The summed E-state index contributed by atoms with van der Waals surface area (Å²) in [5, 5.41) is 0. The highest BCUT2D eigenvalue weighted by atomic mass is 32.2. The second-order valence-electron chi connectivity index (χ2n) is 11.7. The van der Waals surface area contributed by atoms with Crippen molar-refractivity contribution in [2.75, 3.05) is 0 Å². The van der Waals surface area contributed by atoms with Gasteiger partial charge in [-0.15, -0.1) is 0 Å². The van der Waals surface area contributed by atoms with Gasteiger partial charge >= 0.3 is 0 Å². The lowest BCUT2D eigenvalue weighted by Crippen LogP contribution is -2.58. The van der Waals surface area contributed by atoms with Gasteiger partial charge in [0.25, 0.3) is 10.1 Å². The Morgan fingerprint density at radius 3 is 2.41 bits per heavy atom. The summed E-state index contributed by atoms with van der Waals surface area (Å²) < 4.78 is 33.0. The van der Waals surface area contributed by atoms with Crippen molar-refractivity contribution in [3.63, 3.8) is 0 Å². The number of rotatable bonds is 4. The van der Waals surface area contributed by atoms with Crippen LogP contribution in [-0.2, 0) is 23.9 Å². The van der Waals surface area contributed by atoms with Crippen molar-refractivity contribution in [2.24, 2.45) is 34.5 Å². The zero-order valence-electron chi connectivity index (χ0n) is 20.7. The Kier molecular flexibility index (Phi) is 5.72. The minimum absolute atomic E-state index is 0.109. The van der Waals surface area contributed by atoms with Gasteiger partial charge < -0.3 is 0 Å². The highest BCUT2D eigenvalue weighted by Crippen LogP contribution is 2.67. The molecule has 0 spiro atoms. The molecule has 1 aromatic carbocycles. The molecule has 5 nitrogen and oxygen atoms in total. The Morgan fingerprint density at radius 2 is 1.74 bits per heavy atom. The summed E-state index contributed by atoms with van der Waals surface area (Å²) in [6.45, 7) is 7.95. The zero-order valence-corrected chi connectivity index (χ0v) is 21.5. The summed E-state index contributed by atoms with van der Waals surface area (Å²) in [6.07, 6.45) is 6.92. The Bertz CT molecular complexity index is 1150. The molecule has 1 aromatic rings. The van der Waals surface area contributed by atoms with Gasteiger partial charge in [-0.05, 0) is 93.7 Å². The van der Waals surface area contributed by atoms with Crippen LogP contribution in [0.25, 0.3) is 0 Å². The molecule has 184 valence electrons. The minimum atomic E-state index is -3.98. The molecule has 3 saturated carbocycles. The Balaban J connectivity index is 1.56. The molecule has 34 heavy (non-hydrogen) atoms. The molecule has 5 rings (SSSR count). The van der Waals surface area contributed by atoms with E-state index in [1.54, 1.807) is 31.2 Å². The van der Waals surface area contributed by atoms with Gasteiger partial charge in [0.1, 0.15) is 5.78 Å². The Hall–Kier alpha value is -1.79. The number of benzene rings is 1. The zero-order chi connectivity index (χ0) is 24.5. The number of aryl methyl sites for hydroxylation is 1. The SMILES string of the molecule is CC(=O)[C@H]1CC[C@H]2[C@@H]3CCC4=CC(=O)CC[C@]4(C)[C@H]3C[C@H](OS(=O)(=O)c3ccc(C)cc3)[C@]12C. The molecule has 0 unspecified atom stereocenters. The van der Waals surface area contributed by atoms with Crippen molar-refractivity contribution in [1.29, 1.82) is 0 Å². The van der Waals surface area contributed by atoms with Crippen LogP contribution in [0.1, 0.15) is 71.3 Å². The third kappa shape index (κ3) is 3.55. The summed E-state index contributed by atoms with van der Waals surface area (Å²) in [7, 11) is -3.98. The number of hydrogen-bond acceptors (Lipinski definition) is 5. The van der Waals surface area contributed by atoms with E-state index in [1.165, 1.54) is 5.57 Å². The van der Waals surface area contributed by atoms with Crippen LogP contribution in [0.5, 0.6) is 0 Å². The molecule has 0 aliphatic heterocycles. The van der Waals surface area contributed by atoms with E-state index in [0.29, 0.717) is 18.8 Å². The number of carbonyl (C=O) groups is 2. The van der Waals surface area contributed by atoms with Crippen molar-refractivity contribution in [2.45, 2.75) is 83.6 Å². The molecule has 3 fully saturated rings. The summed E-state index contributed by atoms with van der Waals surface area (Å²) in [4.78, 5) is 25.1. The third-order valence-electron chi connectivity index (χ3n) is 10.1. The van der Waals surface area contributed by atoms with Crippen molar-refractivity contribution >= 4 is 21.7 Å². The van der Waals surface area contributed by atoms with E-state index in [0.717, 1.165) is 37.7 Å². The minimum Gasteiger partial charge on any atom is -0.300 e. The lowest BCUT2D eigenvalue weighted by molar-refractivity contribution is -0.143. The number of carbonyl (C=O) groups excluding carboxylic acids is 2. The highest BCUT2D eigenvalue weighted by Gasteiger charge is 2.64. The maximum absolute atomic E-state index is 13.4. The molecule has 0 bridgehead atoms. The van der Waals surface area contributed by atoms with Gasteiger partial charge in [0.2, 0.25) is 0 Å². The highest BCUT2D eigenvalue weighted by molar-refractivity contribution is 7.86. The lowest BCUT2D eigenvalue weighted by Gasteiger charge is -2.60. The quantitative estimate of drug-likeness (QED) is 0.534. The molecule has 0 saturated heterocycles. The van der Waals surface area contributed by atoms with Crippen molar-refractivity contribution < 1.29 is 22.2 Å². The van der Waals surface area contributed by atoms with Gasteiger partial charge in [-0.2, -0.15) is 8.42 Å². The Labute approximate surface area is 203 Å². The molecule has 0 N–H and O–H groups in total. The van der Waals surface area contributed by atoms with Crippen LogP contribution in [0.15, 0.2) is 40.8 Å². The first-order chi connectivity index (χ1) is 16.0. The topological polar surface area (TPSA) is 77.5 Å². The van der Waals surface area contributed by atoms with Crippen LogP contribution < -0.4 is 0 Å². The first kappa shape index (κ1) is 23.9. The van der Waals surface area contributed by atoms with Crippen LogP contribution >= 0.6 is 0 Å². The fraction of sp³-hybridized carbons (Fsp3) is 0.643. The van der Waals surface area contributed by atoms with Crippen LogP contribution in [0, 0.1) is 41.4 Å². The molecule has 7 atom stereocenters. The summed E-state index contributed by atoms with van der Waals surface area (Å²) >= 11 is 0. The fourth-order valence-corrected chi connectivity index (χ4v) is 9.39. The summed E-state index contributed by atoms with van der Waals surface area (Å²) in [5.74, 6) is 1.08. The van der Waals surface area contributed by atoms with Crippen LogP contribution in [0.4, 0.5) is 0 Å². The molecule has 6 heteroatoms. The molecule has 0 heterocycles. The van der Waals surface area contributed by atoms with Crippen molar-refractivity contribution in [3.8, 4) is 0 Å². The van der Waals surface area contributed by atoms with E-state index in [1.807, 2.05) is 13.0 Å². The predicted octanol–water partition coefficient (Wildman–Crippen LogP) is 5.42. The van der Waals surface area contributed by atoms with Gasteiger partial charge in [0.05, 0.1) is 11.0 Å². The number of Topliss-reactive ketones (excluding diaryl/α,β-unsaturated/α-hetero) is 1. The average molecular weight is 485 g/mol. The third-order valence-corrected chi connectivity index (χ3v) is 11.4. The molecule has 0 aromatic heterocycles. The lowest BCUT2D eigenvalue weighted by atomic mass is 9.46. The van der Waals surface area contributed by atoms with Gasteiger partial charge in [0.15, 0.2) is 5.78 Å². The standard InChI is InChI=1S/C28H36O5S/c1-17-5-8-21(9-6-17)34(31,32)33-26-16-25-22(24-12-11-23(18(2)29)28(24,26)4)10-7-19-15-20(30)13-14-27(19,25)3/h5-6,8-9,15,22-26H,7,10-14,16H2,1-4H3/t22-,23+,24-,25-,26-,27-,28+/m0/s1.